The van der Waals surface area contributed by atoms with Crippen LogP contribution in [0.4, 0.5) is 4.79 Å². The molecule has 0 fully saturated rings. The smallest absolute Gasteiger partial charge is 0.408 e. The van der Waals surface area contributed by atoms with Crippen molar-refractivity contribution in [3.05, 3.63) is 0 Å². The maximum Gasteiger partial charge on any atom is 0.408 e. The van der Waals surface area contributed by atoms with E-state index in [0.717, 1.165) is 0 Å². The van der Waals surface area contributed by atoms with E-state index in [9.17, 15) is 9.59 Å². The van der Waals surface area contributed by atoms with Crippen LogP contribution in [0.2, 0.25) is 0 Å². The van der Waals surface area contributed by atoms with Crippen LogP contribution in [0.3, 0.4) is 0 Å². The first-order chi connectivity index (χ1) is 8.47. The van der Waals surface area contributed by atoms with Crippen molar-refractivity contribution in [2.45, 2.75) is 64.7 Å². The molecule has 0 aliphatic carbocycles. The highest BCUT2D eigenvalue weighted by Gasteiger charge is 2.26. The number of carbonyl (C=O) groups is 2. The molecule has 1 amide bonds. The van der Waals surface area contributed by atoms with Gasteiger partial charge in [0.25, 0.3) is 0 Å². The molecule has 0 heterocycles. The van der Waals surface area contributed by atoms with Gasteiger partial charge in [-0.25, -0.2) is 9.59 Å². The highest BCUT2D eigenvalue weighted by atomic mass is 16.6. The molecule has 0 bridgehead atoms. The van der Waals surface area contributed by atoms with E-state index in [4.69, 9.17) is 14.6 Å². The van der Waals surface area contributed by atoms with Crippen molar-refractivity contribution in [3.63, 3.8) is 0 Å². The number of hydrogen-bond donors (Lipinski definition) is 2. The lowest BCUT2D eigenvalue weighted by atomic mass is 9.99. The molecule has 0 saturated carbocycles. The molecule has 0 aromatic heterocycles. The topological polar surface area (TPSA) is 84.9 Å². The van der Waals surface area contributed by atoms with E-state index in [2.05, 4.69) is 5.32 Å². The van der Waals surface area contributed by atoms with E-state index in [1.807, 2.05) is 13.8 Å². The van der Waals surface area contributed by atoms with Gasteiger partial charge in [0.15, 0.2) is 0 Å². The molecule has 0 spiro atoms. The molecule has 1 atom stereocenters. The van der Waals surface area contributed by atoms with Gasteiger partial charge in [0.1, 0.15) is 11.6 Å². The molecule has 6 heteroatoms. The SMILES string of the molecule is COC(C)(C)CC[C@@H](NC(=O)OC(C)(C)C)C(=O)O. The molecule has 0 unspecified atom stereocenters. The zero-order valence-corrected chi connectivity index (χ0v) is 12.6. The fraction of sp³-hybridized carbons (Fsp3) is 0.846. The minimum absolute atomic E-state index is 0.273. The summed E-state index contributed by atoms with van der Waals surface area (Å²) in [5.41, 5.74) is -1.08. The first-order valence-corrected chi connectivity index (χ1v) is 6.24. The van der Waals surface area contributed by atoms with E-state index < -0.39 is 29.3 Å². The van der Waals surface area contributed by atoms with E-state index in [1.165, 1.54) is 0 Å². The standard InChI is InChI=1S/C13H25NO5/c1-12(2,3)19-11(17)14-9(10(15)16)7-8-13(4,5)18-6/h9H,7-8H2,1-6H3,(H,14,17)(H,15,16)/t9-/m1/s1. The fourth-order valence-corrected chi connectivity index (χ4v) is 1.30. The first kappa shape index (κ1) is 17.7. The Morgan fingerprint density at radius 2 is 1.74 bits per heavy atom. The molecule has 19 heavy (non-hydrogen) atoms. The highest BCUT2D eigenvalue weighted by Crippen LogP contribution is 2.17. The Bertz CT molecular complexity index is 319. The maximum atomic E-state index is 11.5. The van der Waals surface area contributed by atoms with Gasteiger partial charge < -0.3 is 19.9 Å². The maximum absolute atomic E-state index is 11.5. The van der Waals surface area contributed by atoms with Crippen LogP contribution in [0, 0.1) is 0 Å². The van der Waals surface area contributed by atoms with Crippen LogP contribution < -0.4 is 5.32 Å². The zero-order chi connectivity index (χ0) is 15.3. The summed E-state index contributed by atoms with van der Waals surface area (Å²) >= 11 is 0. The van der Waals surface area contributed by atoms with Crippen molar-refractivity contribution < 1.29 is 24.2 Å². The molecule has 0 aliphatic rings. The predicted octanol–water partition coefficient (Wildman–Crippen LogP) is 2.17. The van der Waals surface area contributed by atoms with Crippen molar-refractivity contribution in [1.82, 2.24) is 5.32 Å². The summed E-state index contributed by atoms with van der Waals surface area (Å²) in [6.07, 6.45) is 0.0567. The van der Waals surface area contributed by atoms with E-state index in [0.29, 0.717) is 6.42 Å². The highest BCUT2D eigenvalue weighted by molar-refractivity contribution is 5.79. The zero-order valence-electron chi connectivity index (χ0n) is 12.6. The minimum atomic E-state index is -1.09. The van der Waals surface area contributed by atoms with Crippen LogP contribution in [0.5, 0.6) is 0 Å². The molecule has 0 aromatic rings. The van der Waals surface area contributed by atoms with Crippen LogP contribution in [0.1, 0.15) is 47.5 Å². The lowest BCUT2D eigenvalue weighted by Gasteiger charge is -2.26. The van der Waals surface area contributed by atoms with Crippen molar-refractivity contribution in [2.24, 2.45) is 0 Å². The average molecular weight is 275 g/mol. The molecule has 0 saturated heterocycles. The lowest BCUT2D eigenvalue weighted by molar-refractivity contribution is -0.140. The molecular weight excluding hydrogens is 250 g/mol. The number of carboxylic acids is 1. The third-order valence-electron chi connectivity index (χ3n) is 2.58. The van der Waals surface area contributed by atoms with Crippen LogP contribution in [0.15, 0.2) is 0 Å². The van der Waals surface area contributed by atoms with Gasteiger partial charge >= 0.3 is 12.1 Å². The number of aliphatic carboxylic acids is 1. The summed E-state index contributed by atoms with van der Waals surface area (Å²) in [5.74, 6) is -1.09. The number of ether oxygens (including phenoxy) is 2. The number of hydrogen-bond acceptors (Lipinski definition) is 4. The Morgan fingerprint density at radius 3 is 2.11 bits per heavy atom. The second-order valence-corrected chi connectivity index (χ2v) is 6.04. The Hall–Kier alpha value is -1.30. The molecule has 112 valence electrons. The summed E-state index contributed by atoms with van der Waals surface area (Å²) < 4.78 is 10.2. The van der Waals surface area contributed by atoms with Gasteiger partial charge in [-0.1, -0.05) is 0 Å². The number of carbonyl (C=O) groups excluding carboxylic acids is 1. The Kier molecular flexibility index (Phi) is 6.29. The fourth-order valence-electron chi connectivity index (χ4n) is 1.30. The minimum Gasteiger partial charge on any atom is -0.480 e. The van der Waals surface area contributed by atoms with E-state index in [1.54, 1.807) is 27.9 Å². The van der Waals surface area contributed by atoms with Crippen LogP contribution in [-0.2, 0) is 14.3 Å². The number of methoxy groups -OCH3 is 1. The summed E-state index contributed by atoms with van der Waals surface area (Å²) in [5, 5.41) is 11.4. The number of alkyl carbamates (subject to hydrolysis) is 1. The van der Waals surface area contributed by atoms with Gasteiger partial charge in [-0.05, 0) is 47.5 Å². The molecule has 2 N–H and O–H groups in total. The van der Waals surface area contributed by atoms with E-state index in [-0.39, 0.29) is 6.42 Å². The van der Waals surface area contributed by atoms with Gasteiger partial charge in [-0.15, -0.1) is 0 Å². The molecule has 0 rings (SSSR count). The summed E-state index contributed by atoms with van der Waals surface area (Å²) in [4.78, 5) is 22.6. The lowest BCUT2D eigenvalue weighted by Crippen LogP contribution is -2.44. The quantitative estimate of drug-likeness (QED) is 0.776. The largest absolute Gasteiger partial charge is 0.480 e. The van der Waals surface area contributed by atoms with Crippen molar-refractivity contribution >= 4 is 12.1 Å². The van der Waals surface area contributed by atoms with Crippen LogP contribution in [-0.4, -0.2) is 41.5 Å². The van der Waals surface area contributed by atoms with Crippen LogP contribution >= 0.6 is 0 Å². The third kappa shape index (κ3) is 8.42. The second-order valence-electron chi connectivity index (χ2n) is 6.04. The van der Waals surface area contributed by atoms with Gasteiger partial charge in [-0.3, -0.25) is 0 Å². The van der Waals surface area contributed by atoms with Crippen molar-refractivity contribution in [2.75, 3.05) is 7.11 Å². The molecular formula is C13H25NO5. The number of amides is 1. The monoisotopic (exact) mass is 275 g/mol. The van der Waals surface area contributed by atoms with Gasteiger partial charge in [0.2, 0.25) is 0 Å². The van der Waals surface area contributed by atoms with E-state index >= 15 is 0 Å². The van der Waals surface area contributed by atoms with Gasteiger partial charge in [0, 0.05) is 7.11 Å². The average Bonchev–Trinajstić information content (AvgIpc) is 2.21. The van der Waals surface area contributed by atoms with Crippen LogP contribution in [0.25, 0.3) is 0 Å². The molecule has 6 nitrogen and oxygen atoms in total. The predicted molar refractivity (Wildman–Crippen MR) is 71.1 cm³/mol. The molecule has 0 aromatic carbocycles. The second kappa shape index (κ2) is 6.75. The summed E-state index contributed by atoms with van der Waals surface area (Å²) in [6, 6.07) is -0.982. The molecule has 0 aliphatic heterocycles. The Morgan fingerprint density at radius 1 is 1.21 bits per heavy atom. The first-order valence-electron chi connectivity index (χ1n) is 6.24. The Balaban J connectivity index is 4.43. The van der Waals surface area contributed by atoms with Crippen molar-refractivity contribution in [1.29, 1.82) is 0 Å². The van der Waals surface area contributed by atoms with Gasteiger partial charge in [-0.2, -0.15) is 0 Å². The number of nitrogens with one attached hydrogen (secondary N) is 1. The molecule has 0 radical (unpaired) electrons. The number of carboxylic acid groups (broad SMARTS) is 1. The normalized spacial score (nSPS) is 13.8. The summed E-state index contributed by atoms with van der Waals surface area (Å²) in [7, 11) is 1.57. The third-order valence-corrected chi connectivity index (χ3v) is 2.58. The van der Waals surface area contributed by atoms with Gasteiger partial charge in [0.05, 0.1) is 5.60 Å². The summed E-state index contributed by atoms with van der Waals surface area (Å²) in [6.45, 7) is 8.88. The Labute approximate surface area is 114 Å². The van der Waals surface area contributed by atoms with Crippen molar-refractivity contribution in [3.8, 4) is 0 Å². The number of rotatable bonds is 6.